The Labute approximate surface area is 80.3 Å². The second-order valence-electron chi connectivity index (χ2n) is 3.19. The number of hydrogen-bond donors (Lipinski definition) is 3. The van der Waals surface area contributed by atoms with Crippen molar-refractivity contribution in [3.63, 3.8) is 0 Å². The van der Waals surface area contributed by atoms with Crippen LogP contribution < -0.4 is 5.73 Å². The van der Waals surface area contributed by atoms with Gasteiger partial charge in [-0.1, -0.05) is 0 Å². The average molecular weight is 190 g/mol. The van der Waals surface area contributed by atoms with Crippen LogP contribution in [-0.4, -0.2) is 16.1 Å². The van der Waals surface area contributed by atoms with Crippen molar-refractivity contribution >= 4 is 22.6 Å². The minimum Gasteiger partial charge on any atom is -0.481 e. The van der Waals surface area contributed by atoms with E-state index in [1.165, 1.54) is 0 Å². The van der Waals surface area contributed by atoms with E-state index in [1.807, 2.05) is 6.07 Å². The molecule has 2 aromatic rings. The summed E-state index contributed by atoms with van der Waals surface area (Å²) in [5.74, 6) is -0.852. The Bertz CT molecular complexity index is 488. The zero-order chi connectivity index (χ0) is 10.1. The van der Waals surface area contributed by atoms with Crippen LogP contribution in [0.15, 0.2) is 24.4 Å². The fourth-order valence-electron chi connectivity index (χ4n) is 1.53. The number of nitrogen functional groups attached to an aromatic ring is 1. The maximum Gasteiger partial charge on any atom is 0.307 e. The van der Waals surface area contributed by atoms with Gasteiger partial charge in [0.25, 0.3) is 0 Å². The zero-order valence-electron chi connectivity index (χ0n) is 7.45. The van der Waals surface area contributed by atoms with Gasteiger partial charge in [-0.05, 0) is 23.8 Å². The van der Waals surface area contributed by atoms with Gasteiger partial charge < -0.3 is 15.8 Å². The molecule has 0 aliphatic carbocycles. The van der Waals surface area contributed by atoms with Crippen LogP contribution in [0, 0.1) is 0 Å². The summed E-state index contributed by atoms with van der Waals surface area (Å²) in [4.78, 5) is 13.5. The van der Waals surface area contributed by atoms with Crippen LogP contribution in [0.5, 0.6) is 0 Å². The molecule has 0 fully saturated rings. The molecule has 1 aromatic carbocycles. The van der Waals surface area contributed by atoms with Crippen molar-refractivity contribution in [3.8, 4) is 0 Å². The highest BCUT2D eigenvalue weighted by molar-refractivity contribution is 5.92. The summed E-state index contributed by atoms with van der Waals surface area (Å²) in [5.41, 5.74) is 7.96. The lowest BCUT2D eigenvalue weighted by Gasteiger charge is -2.01. The molecule has 0 spiro atoms. The van der Waals surface area contributed by atoms with Crippen molar-refractivity contribution in [2.75, 3.05) is 5.73 Å². The number of aliphatic carboxylic acids is 1. The highest BCUT2D eigenvalue weighted by Crippen LogP contribution is 2.22. The maximum absolute atomic E-state index is 10.5. The van der Waals surface area contributed by atoms with Gasteiger partial charge in [0.15, 0.2) is 0 Å². The number of rotatable bonds is 2. The summed E-state index contributed by atoms with van der Waals surface area (Å²) in [6.07, 6.45) is 1.78. The Morgan fingerprint density at radius 3 is 3.00 bits per heavy atom. The van der Waals surface area contributed by atoms with Crippen molar-refractivity contribution in [2.24, 2.45) is 0 Å². The lowest BCUT2D eigenvalue weighted by molar-refractivity contribution is -0.136. The van der Waals surface area contributed by atoms with Crippen molar-refractivity contribution in [2.45, 2.75) is 6.42 Å². The van der Waals surface area contributed by atoms with E-state index < -0.39 is 5.97 Å². The van der Waals surface area contributed by atoms with Gasteiger partial charge in [0.1, 0.15) is 0 Å². The van der Waals surface area contributed by atoms with Crippen LogP contribution in [0.1, 0.15) is 5.56 Å². The normalized spacial score (nSPS) is 10.6. The van der Waals surface area contributed by atoms with Gasteiger partial charge in [-0.2, -0.15) is 0 Å². The Morgan fingerprint density at radius 1 is 1.50 bits per heavy atom. The van der Waals surface area contributed by atoms with Gasteiger partial charge in [-0.3, -0.25) is 4.79 Å². The number of carboxylic acid groups (broad SMARTS) is 1. The van der Waals surface area contributed by atoms with Crippen LogP contribution in [-0.2, 0) is 11.2 Å². The number of H-pyrrole nitrogens is 1. The number of carboxylic acids is 1. The summed E-state index contributed by atoms with van der Waals surface area (Å²) in [6.45, 7) is 0. The van der Waals surface area contributed by atoms with Crippen molar-refractivity contribution in [1.29, 1.82) is 0 Å². The first kappa shape index (κ1) is 8.62. The molecular weight excluding hydrogens is 180 g/mol. The highest BCUT2D eigenvalue weighted by atomic mass is 16.4. The quantitative estimate of drug-likeness (QED) is 0.626. The summed E-state index contributed by atoms with van der Waals surface area (Å²) >= 11 is 0. The van der Waals surface area contributed by atoms with Crippen LogP contribution in [0.25, 0.3) is 10.9 Å². The molecule has 1 aromatic heterocycles. The monoisotopic (exact) mass is 190 g/mol. The topological polar surface area (TPSA) is 79.1 Å². The molecule has 0 aliphatic rings. The maximum atomic E-state index is 10.5. The van der Waals surface area contributed by atoms with Crippen molar-refractivity contribution in [3.05, 3.63) is 30.0 Å². The van der Waals surface area contributed by atoms with E-state index >= 15 is 0 Å². The smallest absolute Gasteiger partial charge is 0.307 e. The Hall–Kier alpha value is -1.97. The number of aromatic amines is 1. The molecule has 4 heteroatoms. The van der Waals surface area contributed by atoms with Gasteiger partial charge in [-0.15, -0.1) is 0 Å². The molecule has 4 nitrogen and oxygen atoms in total. The molecule has 0 saturated heterocycles. The minimum absolute atomic E-state index is 0.000833. The summed E-state index contributed by atoms with van der Waals surface area (Å²) in [7, 11) is 0. The van der Waals surface area contributed by atoms with E-state index in [9.17, 15) is 4.79 Å². The first-order valence-corrected chi connectivity index (χ1v) is 4.24. The second kappa shape index (κ2) is 3.06. The molecule has 0 amide bonds. The molecule has 72 valence electrons. The van der Waals surface area contributed by atoms with Gasteiger partial charge in [-0.25, -0.2) is 0 Å². The molecular formula is C10H10N2O2. The van der Waals surface area contributed by atoms with Crippen LogP contribution in [0.2, 0.25) is 0 Å². The molecule has 14 heavy (non-hydrogen) atoms. The van der Waals surface area contributed by atoms with Crippen LogP contribution in [0.3, 0.4) is 0 Å². The standard InChI is InChI=1S/C10H10N2O2/c11-8-3-6(5-10(13)14)4-9-7(8)1-2-12-9/h1-4,12H,5,11H2,(H,13,14). The lowest BCUT2D eigenvalue weighted by Crippen LogP contribution is -2.00. The summed E-state index contributed by atoms with van der Waals surface area (Å²) in [6, 6.07) is 5.37. The lowest BCUT2D eigenvalue weighted by atomic mass is 10.1. The number of nitrogens with one attached hydrogen (secondary N) is 1. The number of fused-ring (bicyclic) bond motifs is 1. The summed E-state index contributed by atoms with van der Waals surface area (Å²) < 4.78 is 0. The van der Waals surface area contributed by atoms with E-state index in [0.29, 0.717) is 11.3 Å². The number of anilines is 1. The third-order valence-electron chi connectivity index (χ3n) is 2.12. The Kier molecular flexibility index (Phi) is 1.89. The predicted molar refractivity (Wildman–Crippen MR) is 54.1 cm³/mol. The first-order valence-electron chi connectivity index (χ1n) is 4.24. The van der Waals surface area contributed by atoms with Crippen molar-refractivity contribution in [1.82, 2.24) is 4.98 Å². The fraction of sp³-hybridized carbons (Fsp3) is 0.100. The molecule has 0 saturated carbocycles. The molecule has 0 radical (unpaired) electrons. The van der Waals surface area contributed by atoms with Gasteiger partial charge in [0, 0.05) is 22.8 Å². The number of benzene rings is 1. The van der Waals surface area contributed by atoms with Gasteiger partial charge >= 0.3 is 5.97 Å². The van der Waals surface area contributed by atoms with Gasteiger partial charge in [0.05, 0.1) is 6.42 Å². The SMILES string of the molecule is Nc1cc(CC(=O)O)cc2[nH]ccc12. The molecule has 1 heterocycles. The van der Waals surface area contributed by atoms with Gasteiger partial charge in [0.2, 0.25) is 0 Å². The average Bonchev–Trinajstić information content (AvgIpc) is 2.50. The third kappa shape index (κ3) is 1.42. The van der Waals surface area contributed by atoms with E-state index in [4.69, 9.17) is 10.8 Å². The first-order chi connectivity index (χ1) is 6.66. The number of hydrogen-bond acceptors (Lipinski definition) is 2. The Balaban J connectivity index is 2.53. The molecule has 0 unspecified atom stereocenters. The van der Waals surface area contributed by atoms with E-state index in [2.05, 4.69) is 4.98 Å². The molecule has 0 atom stereocenters. The number of aromatic nitrogens is 1. The number of nitrogens with two attached hydrogens (primary N) is 1. The van der Waals surface area contributed by atoms with E-state index in [1.54, 1.807) is 18.3 Å². The molecule has 0 bridgehead atoms. The van der Waals surface area contributed by atoms with Crippen LogP contribution >= 0.6 is 0 Å². The van der Waals surface area contributed by atoms with E-state index in [0.717, 1.165) is 10.9 Å². The van der Waals surface area contributed by atoms with Crippen LogP contribution in [0.4, 0.5) is 5.69 Å². The summed E-state index contributed by atoms with van der Waals surface area (Å²) in [5, 5.41) is 9.56. The van der Waals surface area contributed by atoms with E-state index in [-0.39, 0.29) is 6.42 Å². The fourth-order valence-corrected chi connectivity index (χ4v) is 1.53. The largest absolute Gasteiger partial charge is 0.481 e. The van der Waals surface area contributed by atoms with Crippen molar-refractivity contribution < 1.29 is 9.90 Å². The minimum atomic E-state index is -0.852. The zero-order valence-corrected chi connectivity index (χ0v) is 7.45. The second-order valence-corrected chi connectivity index (χ2v) is 3.19. The molecule has 0 aliphatic heterocycles. The predicted octanol–water partition coefficient (Wildman–Crippen LogP) is 1.38. The molecule has 2 rings (SSSR count). The number of carbonyl (C=O) groups is 1. The highest BCUT2D eigenvalue weighted by Gasteiger charge is 2.05. The third-order valence-corrected chi connectivity index (χ3v) is 2.12. The Morgan fingerprint density at radius 2 is 2.29 bits per heavy atom. The molecule has 4 N–H and O–H groups in total.